The highest BCUT2D eigenvalue weighted by molar-refractivity contribution is 6.01. The highest BCUT2D eigenvalue weighted by atomic mass is 16.3. The molecule has 0 aromatic carbocycles. The van der Waals surface area contributed by atoms with E-state index in [4.69, 9.17) is 10.2 Å². The Morgan fingerprint density at radius 3 is 1.58 bits per heavy atom. The van der Waals surface area contributed by atoms with Crippen LogP contribution in [0, 0.1) is 0 Å². The van der Waals surface area contributed by atoms with Crippen molar-refractivity contribution in [2.45, 2.75) is 0 Å². The van der Waals surface area contributed by atoms with Crippen LogP contribution in [0.1, 0.15) is 0 Å². The van der Waals surface area contributed by atoms with Gasteiger partial charge in [0.25, 0.3) is 0 Å². The molecule has 0 saturated heterocycles. The molecule has 1 rings (SSSR count). The molecule has 0 saturated carbocycles. The first-order chi connectivity index (χ1) is 5.63. The third-order valence-corrected chi connectivity index (χ3v) is 1.01. The van der Waals surface area contributed by atoms with Crippen LogP contribution in [-0.2, 0) is 9.59 Å². The van der Waals surface area contributed by atoms with Gasteiger partial charge in [0, 0.05) is 0 Å². The molecular formula is C4H4N4O4. The zero-order valence-corrected chi connectivity index (χ0v) is 5.61. The molecule has 8 nitrogen and oxygen atoms in total. The lowest BCUT2D eigenvalue weighted by atomic mass is 10.3. The molecule has 2 amide bonds. The molecule has 64 valence electrons. The number of carbonyl (C=O) groups excluding carboxylic acids is 2. The van der Waals surface area contributed by atoms with Gasteiger partial charge in [-0.25, -0.2) is 10.9 Å². The normalized spacial score (nSPS) is 26.7. The zero-order chi connectivity index (χ0) is 9.14. The van der Waals surface area contributed by atoms with Gasteiger partial charge in [0.15, 0.2) is 0 Å². The molecule has 0 atom stereocenters. The molecule has 1 aliphatic rings. The molecule has 0 bridgehead atoms. The Balaban J connectivity index is 3.02. The van der Waals surface area contributed by atoms with E-state index in [9.17, 15) is 9.59 Å². The minimum Gasteiger partial charge on any atom is -0.500 e. The summed E-state index contributed by atoms with van der Waals surface area (Å²) in [4.78, 5) is 21.2. The summed E-state index contributed by atoms with van der Waals surface area (Å²) in [6.45, 7) is 0. The first kappa shape index (κ1) is 7.98. The van der Waals surface area contributed by atoms with Crippen molar-refractivity contribution in [1.82, 2.24) is 10.9 Å². The van der Waals surface area contributed by atoms with E-state index in [-0.39, 0.29) is 0 Å². The average molecular weight is 172 g/mol. The number of carbonyl (C=O) groups is 2. The minimum absolute atomic E-state index is 1.11. The fraction of sp³-hybridized carbons (Fsp3) is 0. The Morgan fingerprint density at radius 1 is 0.917 bits per heavy atom. The van der Waals surface area contributed by atoms with Crippen LogP contribution in [-0.4, -0.2) is 22.0 Å². The van der Waals surface area contributed by atoms with E-state index in [1.165, 1.54) is 0 Å². The maximum Gasteiger partial charge on any atom is 0.311 e. The Labute approximate surface area is 65.5 Å². The summed E-state index contributed by atoms with van der Waals surface area (Å²) in [5.74, 6) is -4.42. The van der Waals surface area contributed by atoms with Crippen molar-refractivity contribution >= 4 is 11.8 Å². The number of rotatable bonds is 0. The topological polar surface area (TPSA) is 123 Å². The summed E-state index contributed by atoms with van der Waals surface area (Å²) in [6.07, 6.45) is 0. The standard InChI is InChI=1S/C4H4N4O4/c9-1-2(10)4(12)6-8-7-5-3(1)11/h9-10H,(H,5,8,11)(H,6,7,12). The highest BCUT2D eigenvalue weighted by Gasteiger charge is 2.21. The molecule has 1 heterocycles. The van der Waals surface area contributed by atoms with Crippen LogP contribution in [0.4, 0.5) is 0 Å². The van der Waals surface area contributed by atoms with Crippen LogP contribution in [0.2, 0.25) is 0 Å². The van der Waals surface area contributed by atoms with Gasteiger partial charge in [0.2, 0.25) is 11.5 Å². The van der Waals surface area contributed by atoms with E-state index in [2.05, 4.69) is 10.4 Å². The highest BCUT2D eigenvalue weighted by Crippen LogP contribution is 1.99. The second kappa shape index (κ2) is 2.86. The molecule has 4 N–H and O–H groups in total. The van der Waals surface area contributed by atoms with E-state index in [1.807, 2.05) is 0 Å². The van der Waals surface area contributed by atoms with Crippen molar-refractivity contribution in [3.8, 4) is 0 Å². The third-order valence-electron chi connectivity index (χ3n) is 1.01. The SMILES string of the molecule is O=C1N/N=N\NC(=O)/C(O)=C\1O. The Kier molecular flexibility index (Phi) is 1.90. The monoisotopic (exact) mass is 172 g/mol. The molecule has 1 aliphatic heterocycles. The summed E-state index contributed by atoms with van der Waals surface area (Å²) in [5.41, 5.74) is 3.44. The van der Waals surface area contributed by atoms with Gasteiger partial charge in [-0.15, -0.1) is 0 Å². The van der Waals surface area contributed by atoms with Crippen molar-refractivity contribution in [1.29, 1.82) is 0 Å². The van der Waals surface area contributed by atoms with Crippen LogP contribution in [0.3, 0.4) is 0 Å². The lowest BCUT2D eigenvalue weighted by molar-refractivity contribution is -0.125. The van der Waals surface area contributed by atoms with Crippen molar-refractivity contribution in [2.24, 2.45) is 10.4 Å². The summed E-state index contributed by atoms with van der Waals surface area (Å²) in [5, 5.41) is 23.4. The average Bonchev–Trinajstić information content (AvgIpc) is 2.07. The fourth-order valence-electron chi connectivity index (χ4n) is 0.462. The number of amides is 2. The van der Waals surface area contributed by atoms with E-state index in [1.54, 1.807) is 10.9 Å². The molecule has 0 unspecified atom stereocenters. The Hall–Kier alpha value is -2.12. The van der Waals surface area contributed by atoms with Crippen LogP contribution in [0.25, 0.3) is 0 Å². The van der Waals surface area contributed by atoms with Crippen molar-refractivity contribution in [2.75, 3.05) is 0 Å². The van der Waals surface area contributed by atoms with E-state index in [0.717, 1.165) is 0 Å². The number of nitrogens with zero attached hydrogens (tertiary/aromatic N) is 2. The van der Waals surface area contributed by atoms with Gasteiger partial charge in [-0.1, -0.05) is 0 Å². The first-order valence-corrected chi connectivity index (χ1v) is 2.75. The van der Waals surface area contributed by atoms with Crippen molar-refractivity contribution < 1.29 is 19.8 Å². The lowest BCUT2D eigenvalue weighted by Gasteiger charge is -2.03. The molecule has 0 fully saturated rings. The molecule has 0 aromatic heterocycles. The molecule has 0 radical (unpaired) electrons. The molecular weight excluding hydrogens is 168 g/mol. The van der Waals surface area contributed by atoms with Crippen LogP contribution in [0.5, 0.6) is 0 Å². The zero-order valence-electron chi connectivity index (χ0n) is 5.61. The maximum absolute atomic E-state index is 10.6. The molecule has 12 heavy (non-hydrogen) atoms. The summed E-state index contributed by atoms with van der Waals surface area (Å²) in [7, 11) is 0. The maximum atomic E-state index is 10.6. The number of nitrogens with one attached hydrogen (secondary N) is 2. The lowest BCUT2D eigenvalue weighted by Crippen LogP contribution is -2.29. The molecule has 0 aliphatic carbocycles. The van der Waals surface area contributed by atoms with Gasteiger partial charge >= 0.3 is 11.8 Å². The quantitative estimate of drug-likeness (QED) is 0.368. The summed E-state index contributed by atoms with van der Waals surface area (Å²) >= 11 is 0. The van der Waals surface area contributed by atoms with Crippen molar-refractivity contribution in [3.63, 3.8) is 0 Å². The third kappa shape index (κ3) is 1.31. The van der Waals surface area contributed by atoms with Gasteiger partial charge in [0.05, 0.1) is 0 Å². The summed E-state index contributed by atoms with van der Waals surface area (Å²) in [6, 6.07) is 0. The molecule has 0 spiro atoms. The number of hydrogen-bond donors (Lipinski definition) is 4. The largest absolute Gasteiger partial charge is 0.500 e. The molecule has 0 aromatic rings. The Bertz CT molecular complexity index is 265. The minimum atomic E-state index is -1.11. The predicted molar refractivity (Wildman–Crippen MR) is 33.4 cm³/mol. The smallest absolute Gasteiger partial charge is 0.311 e. The van der Waals surface area contributed by atoms with Gasteiger partial charge in [0.1, 0.15) is 0 Å². The second-order valence-corrected chi connectivity index (χ2v) is 1.78. The van der Waals surface area contributed by atoms with E-state index in [0.29, 0.717) is 0 Å². The first-order valence-electron chi connectivity index (χ1n) is 2.75. The van der Waals surface area contributed by atoms with Crippen LogP contribution >= 0.6 is 0 Å². The van der Waals surface area contributed by atoms with E-state index < -0.39 is 23.3 Å². The van der Waals surface area contributed by atoms with Gasteiger partial charge in [-0.3, -0.25) is 9.59 Å². The van der Waals surface area contributed by atoms with Crippen molar-refractivity contribution in [3.05, 3.63) is 11.5 Å². The number of aliphatic hydroxyl groups excluding tert-OH is 2. The Morgan fingerprint density at radius 2 is 1.25 bits per heavy atom. The number of hydrogen-bond acceptors (Lipinski definition) is 6. The van der Waals surface area contributed by atoms with Gasteiger partial charge < -0.3 is 10.2 Å². The fourth-order valence-corrected chi connectivity index (χ4v) is 0.462. The summed E-state index contributed by atoms with van der Waals surface area (Å²) < 4.78 is 0. The predicted octanol–water partition coefficient (Wildman–Crippen LogP) is -1.16. The number of aliphatic hydroxyl groups is 2. The molecule has 8 heteroatoms. The van der Waals surface area contributed by atoms with Gasteiger partial charge in [-0.05, 0) is 10.4 Å². The van der Waals surface area contributed by atoms with Gasteiger partial charge in [-0.2, -0.15) is 0 Å². The van der Waals surface area contributed by atoms with Crippen LogP contribution < -0.4 is 10.9 Å². The second-order valence-electron chi connectivity index (χ2n) is 1.78. The van der Waals surface area contributed by atoms with Crippen LogP contribution in [0.15, 0.2) is 22.0 Å². The van der Waals surface area contributed by atoms with E-state index >= 15 is 0 Å².